The lowest BCUT2D eigenvalue weighted by molar-refractivity contribution is -0.384. The lowest BCUT2D eigenvalue weighted by atomic mass is 9.91. The van der Waals surface area contributed by atoms with Gasteiger partial charge < -0.3 is 9.64 Å². The van der Waals surface area contributed by atoms with Gasteiger partial charge in [-0.2, -0.15) is 0 Å². The Bertz CT molecular complexity index is 563. The van der Waals surface area contributed by atoms with E-state index in [0.717, 1.165) is 25.2 Å². The maximum Gasteiger partial charge on any atom is 0.340 e. The number of nitrogens with zero attached hydrogens (tertiary/aromatic N) is 2. The van der Waals surface area contributed by atoms with Crippen LogP contribution in [-0.4, -0.2) is 30.6 Å². The van der Waals surface area contributed by atoms with Crippen LogP contribution in [0.25, 0.3) is 0 Å². The number of non-ortho nitro benzene ring substituents is 1. The third-order valence-electron chi connectivity index (χ3n) is 3.90. The predicted octanol–water partition coefficient (Wildman–Crippen LogP) is 3.25. The van der Waals surface area contributed by atoms with E-state index in [1.165, 1.54) is 12.1 Å². The van der Waals surface area contributed by atoms with Crippen LogP contribution in [0, 0.1) is 22.0 Å². The summed E-state index contributed by atoms with van der Waals surface area (Å²) in [6.07, 6.45) is 1.15. The van der Waals surface area contributed by atoms with Crippen LogP contribution in [0.3, 0.4) is 0 Å². The normalized spacial score (nSPS) is 21.5. The van der Waals surface area contributed by atoms with Gasteiger partial charge in [-0.25, -0.2) is 4.79 Å². The van der Waals surface area contributed by atoms with Gasteiger partial charge in [-0.15, -0.1) is 0 Å². The van der Waals surface area contributed by atoms with Gasteiger partial charge in [0, 0.05) is 25.2 Å². The summed E-state index contributed by atoms with van der Waals surface area (Å²) >= 11 is 0. The maximum atomic E-state index is 12.2. The minimum Gasteiger partial charge on any atom is -0.462 e. The molecule has 1 aromatic rings. The van der Waals surface area contributed by atoms with Gasteiger partial charge in [0.2, 0.25) is 0 Å². The van der Waals surface area contributed by atoms with Crippen LogP contribution in [0.2, 0.25) is 0 Å². The van der Waals surface area contributed by atoms with Crippen LogP contribution in [-0.2, 0) is 4.74 Å². The fourth-order valence-corrected chi connectivity index (χ4v) is 3.15. The Kier molecular flexibility index (Phi) is 5.00. The zero-order chi connectivity index (χ0) is 16.3. The molecule has 22 heavy (non-hydrogen) atoms. The van der Waals surface area contributed by atoms with Gasteiger partial charge in [0.25, 0.3) is 5.69 Å². The van der Waals surface area contributed by atoms with E-state index in [-0.39, 0.29) is 17.9 Å². The van der Waals surface area contributed by atoms with Crippen molar-refractivity contribution in [3.05, 3.63) is 33.9 Å². The molecule has 0 unspecified atom stereocenters. The minimum absolute atomic E-state index is 0.0927. The monoisotopic (exact) mass is 306 g/mol. The highest BCUT2D eigenvalue weighted by Gasteiger charge is 2.27. The fourth-order valence-electron chi connectivity index (χ4n) is 3.15. The average Bonchev–Trinajstić information content (AvgIpc) is 2.45. The van der Waals surface area contributed by atoms with Crippen molar-refractivity contribution in [2.45, 2.75) is 27.2 Å². The second-order valence-corrected chi connectivity index (χ2v) is 6.03. The quantitative estimate of drug-likeness (QED) is 0.485. The van der Waals surface area contributed by atoms with E-state index in [9.17, 15) is 14.9 Å². The molecular weight excluding hydrogens is 284 g/mol. The molecule has 0 saturated carbocycles. The first kappa shape index (κ1) is 16.3. The number of nitro groups is 1. The summed E-state index contributed by atoms with van der Waals surface area (Å²) in [5.74, 6) is 0.537. The number of hydrogen-bond acceptors (Lipinski definition) is 5. The Balaban J connectivity index is 2.40. The van der Waals surface area contributed by atoms with Gasteiger partial charge in [-0.3, -0.25) is 10.1 Å². The molecule has 2 atom stereocenters. The molecule has 0 N–H and O–H groups in total. The molecule has 6 nitrogen and oxygen atoms in total. The number of hydrogen-bond donors (Lipinski definition) is 0. The zero-order valence-electron chi connectivity index (χ0n) is 13.2. The zero-order valence-corrected chi connectivity index (χ0v) is 13.2. The van der Waals surface area contributed by atoms with Crippen LogP contribution < -0.4 is 4.90 Å². The molecule has 0 aromatic heterocycles. The smallest absolute Gasteiger partial charge is 0.340 e. The van der Waals surface area contributed by atoms with E-state index in [4.69, 9.17) is 4.74 Å². The minimum atomic E-state index is -0.507. The molecule has 0 radical (unpaired) electrons. The van der Waals surface area contributed by atoms with Crippen molar-refractivity contribution in [1.29, 1.82) is 0 Å². The standard InChI is InChI=1S/C16H22N2O4/c1-4-22-16(19)14-8-13(18(20)21)5-6-15(14)17-9-11(2)7-12(3)10-17/h5-6,8,11-12H,4,7,9-10H2,1-3H3/t11-,12-/m1/s1. The van der Waals surface area contributed by atoms with E-state index in [2.05, 4.69) is 18.7 Å². The summed E-state index contributed by atoms with van der Waals surface area (Å²) in [4.78, 5) is 24.8. The molecule has 1 saturated heterocycles. The molecule has 2 rings (SSSR count). The largest absolute Gasteiger partial charge is 0.462 e. The van der Waals surface area contributed by atoms with E-state index in [0.29, 0.717) is 11.8 Å². The lowest BCUT2D eigenvalue weighted by Crippen LogP contribution is -2.39. The summed E-state index contributed by atoms with van der Waals surface area (Å²) in [5.41, 5.74) is 0.907. The first-order chi connectivity index (χ1) is 10.4. The number of carbonyl (C=O) groups is 1. The number of nitro benzene ring substituents is 1. The fraction of sp³-hybridized carbons (Fsp3) is 0.562. The maximum absolute atomic E-state index is 12.2. The Labute approximate surface area is 130 Å². The molecule has 0 aliphatic carbocycles. The van der Waals surface area contributed by atoms with Crippen LogP contribution in [0.4, 0.5) is 11.4 Å². The first-order valence-electron chi connectivity index (χ1n) is 7.62. The number of rotatable bonds is 4. The van der Waals surface area contributed by atoms with Gasteiger partial charge in [-0.1, -0.05) is 13.8 Å². The summed E-state index contributed by atoms with van der Waals surface area (Å²) in [5, 5.41) is 11.0. The topological polar surface area (TPSA) is 72.7 Å². The van der Waals surface area contributed by atoms with E-state index >= 15 is 0 Å². The van der Waals surface area contributed by atoms with Crippen molar-refractivity contribution in [2.75, 3.05) is 24.6 Å². The second kappa shape index (κ2) is 6.77. The molecule has 1 aromatic carbocycles. The van der Waals surface area contributed by atoms with Crippen molar-refractivity contribution in [2.24, 2.45) is 11.8 Å². The second-order valence-electron chi connectivity index (χ2n) is 6.03. The van der Waals surface area contributed by atoms with Gasteiger partial charge in [0.1, 0.15) is 0 Å². The van der Waals surface area contributed by atoms with Crippen molar-refractivity contribution in [3.8, 4) is 0 Å². The number of esters is 1. The van der Waals surface area contributed by atoms with Crippen LogP contribution in [0.5, 0.6) is 0 Å². The summed E-state index contributed by atoms with van der Waals surface area (Å²) in [6, 6.07) is 4.43. The Morgan fingerprint density at radius 2 is 2.00 bits per heavy atom. The Hall–Kier alpha value is -2.11. The van der Waals surface area contributed by atoms with Crippen LogP contribution in [0.15, 0.2) is 18.2 Å². The van der Waals surface area contributed by atoms with E-state index in [1.54, 1.807) is 13.0 Å². The van der Waals surface area contributed by atoms with Gasteiger partial charge in [0.05, 0.1) is 22.8 Å². The van der Waals surface area contributed by atoms with Crippen LogP contribution in [0.1, 0.15) is 37.6 Å². The van der Waals surface area contributed by atoms with E-state index < -0.39 is 10.9 Å². The number of piperidine rings is 1. The van der Waals surface area contributed by atoms with Crippen molar-refractivity contribution >= 4 is 17.3 Å². The van der Waals surface area contributed by atoms with Crippen molar-refractivity contribution < 1.29 is 14.5 Å². The first-order valence-corrected chi connectivity index (χ1v) is 7.62. The summed E-state index contributed by atoms with van der Waals surface area (Å²) in [7, 11) is 0. The molecule has 6 heteroatoms. The van der Waals surface area contributed by atoms with Gasteiger partial charge in [0.15, 0.2) is 0 Å². The van der Waals surface area contributed by atoms with Crippen LogP contribution >= 0.6 is 0 Å². The molecule has 120 valence electrons. The number of anilines is 1. The van der Waals surface area contributed by atoms with E-state index in [1.807, 2.05) is 0 Å². The highest BCUT2D eigenvalue weighted by molar-refractivity contribution is 5.96. The third-order valence-corrected chi connectivity index (χ3v) is 3.90. The number of benzene rings is 1. The molecule has 1 aliphatic heterocycles. The third kappa shape index (κ3) is 3.55. The molecule has 0 spiro atoms. The molecule has 0 amide bonds. The number of ether oxygens (including phenoxy) is 1. The van der Waals surface area contributed by atoms with Gasteiger partial charge in [-0.05, 0) is 31.2 Å². The Morgan fingerprint density at radius 1 is 1.36 bits per heavy atom. The predicted molar refractivity (Wildman–Crippen MR) is 84.2 cm³/mol. The summed E-state index contributed by atoms with van der Waals surface area (Å²) < 4.78 is 5.06. The molecular formula is C16H22N2O4. The highest BCUT2D eigenvalue weighted by Crippen LogP contribution is 2.31. The summed E-state index contributed by atoms with van der Waals surface area (Å²) in [6.45, 7) is 8.01. The molecule has 0 bridgehead atoms. The Morgan fingerprint density at radius 3 is 2.55 bits per heavy atom. The van der Waals surface area contributed by atoms with Crippen molar-refractivity contribution in [1.82, 2.24) is 0 Å². The number of carbonyl (C=O) groups excluding carboxylic acids is 1. The highest BCUT2D eigenvalue weighted by atomic mass is 16.6. The lowest BCUT2D eigenvalue weighted by Gasteiger charge is -2.37. The molecule has 1 fully saturated rings. The van der Waals surface area contributed by atoms with Crippen molar-refractivity contribution in [3.63, 3.8) is 0 Å². The average molecular weight is 306 g/mol. The molecule has 1 heterocycles. The SMILES string of the molecule is CCOC(=O)c1cc([N+](=O)[O-])ccc1N1C[C@H](C)C[C@@H](C)C1. The molecule has 1 aliphatic rings. The van der Waals surface area contributed by atoms with Gasteiger partial charge >= 0.3 is 5.97 Å².